The zero-order valence-electron chi connectivity index (χ0n) is 8.66. The first kappa shape index (κ1) is 11.9. The second kappa shape index (κ2) is 5.55. The Bertz CT molecular complexity index is 205. The first-order chi connectivity index (χ1) is 5.97. The van der Waals surface area contributed by atoms with Gasteiger partial charge in [-0.3, -0.25) is 4.79 Å². The van der Waals surface area contributed by atoms with Crippen LogP contribution in [0.15, 0.2) is 0 Å². The number of nitrogens with one attached hydrogen (secondary N) is 1. The number of nitrogens with zero attached hydrogens (tertiary/aromatic N) is 2. The van der Waals surface area contributed by atoms with Crippen LogP contribution in [-0.2, 0) is 4.79 Å². The molecule has 0 aromatic carbocycles. The summed E-state index contributed by atoms with van der Waals surface area (Å²) in [6.45, 7) is 4.14. The van der Waals surface area contributed by atoms with Crippen molar-refractivity contribution in [3.8, 4) is 6.07 Å². The predicted octanol–water partition coefficient (Wildman–Crippen LogP) is 0.212. The molecule has 0 saturated heterocycles. The molecule has 0 aliphatic heterocycles. The molecule has 0 saturated carbocycles. The van der Waals surface area contributed by atoms with E-state index in [0.29, 0.717) is 6.54 Å². The van der Waals surface area contributed by atoms with Gasteiger partial charge < -0.3 is 10.2 Å². The SMILES string of the molecule is CC(C)C(C#N)NC(=O)CN(C)C. The molecule has 1 atom stereocenters. The van der Waals surface area contributed by atoms with Gasteiger partial charge in [0.2, 0.25) is 5.91 Å². The van der Waals surface area contributed by atoms with Crippen LogP contribution in [0.5, 0.6) is 0 Å². The normalized spacial score (nSPS) is 12.7. The van der Waals surface area contributed by atoms with Gasteiger partial charge in [0.05, 0.1) is 12.6 Å². The zero-order chi connectivity index (χ0) is 10.4. The lowest BCUT2D eigenvalue weighted by atomic mass is 10.1. The molecule has 1 amide bonds. The quantitative estimate of drug-likeness (QED) is 0.678. The number of carbonyl (C=O) groups excluding carboxylic acids is 1. The van der Waals surface area contributed by atoms with Crippen LogP contribution in [0.2, 0.25) is 0 Å². The molecule has 0 aliphatic carbocycles. The van der Waals surface area contributed by atoms with Crippen LogP contribution in [0, 0.1) is 17.2 Å². The van der Waals surface area contributed by atoms with Gasteiger partial charge in [0, 0.05) is 0 Å². The first-order valence-electron chi connectivity index (χ1n) is 4.31. The topological polar surface area (TPSA) is 56.1 Å². The summed E-state index contributed by atoms with van der Waals surface area (Å²) in [6.07, 6.45) is 0. The highest BCUT2D eigenvalue weighted by molar-refractivity contribution is 5.78. The Morgan fingerprint density at radius 3 is 2.38 bits per heavy atom. The summed E-state index contributed by atoms with van der Waals surface area (Å²) in [5.74, 6) is 0.0429. The molecule has 4 heteroatoms. The lowest BCUT2D eigenvalue weighted by molar-refractivity contribution is -0.122. The molecule has 1 N–H and O–H groups in total. The van der Waals surface area contributed by atoms with Crippen molar-refractivity contribution in [2.75, 3.05) is 20.6 Å². The number of nitriles is 1. The van der Waals surface area contributed by atoms with Crippen molar-refractivity contribution < 1.29 is 4.79 Å². The van der Waals surface area contributed by atoms with E-state index in [-0.39, 0.29) is 17.9 Å². The van der Waals surface area contributed by atoms with Gasteiger partial charge in [0.15, 0.2) is 0 Å². The van der Waals surface area contributed by atoms with Crippen LogP contribution in [0.1, 0.15) is 13.8 Å². The first-order valence-corrected chi connectivity index (χ1v) is 4.31. The van der Waals surface area contributed by atoms with Crippen LogP contribution in [0.4, 0.5) is 0 Å². The van der Waals surface area contributed by atoms with Gasteiger partial charge in [-0.05, 0) is 20.0 Å². The van der Waals surface area contributed by atoms with E-state index in [1.54, 1.807) is 4.90 Å². The maximum absolute atomic E-state index is 11.2. The molecule has 0 aromatic heterocycles. The molecule has 0 aliphatic rings. The Morgan fingerprint density at radius 2 is 2.08 bits per heavy atom. The third-order valence-corrected chi connectivity index (χ3v) is 1.58. The van der Waals surface area contributed by atoms with E-state index in [1.807, 2.05) is 27.9 Å². The van der Waals surface area contributed by atoms with E-state index in [1.165, 1.54) is 0 Å². The monoisotopic (exact) mass is 183 g/mol. The minimum Gasteiger partial charge on any atom is -0.339 e. The maximum atomic E-state index is 11.2. The summed E-state index contributed by atoms with van der Waals surface area (Å²) in [5.41, 5.74) is 0. The van der Waals surface area contributed by atoms with Crippen molar-refractivity contribution in [3.05, 3.63) is 0 Å². The number of rotatable bonds is 4. The van der Waals surface area contributed by atoms with E-state index in [9.17, 15) is 4.79 Å². The minimum atomic E-state index is -0.382. The molecule has 74 valence electrons. The molecule has 0 rings (SSSR count). The van der Waals surface area contributed by atoms with E-state index < -0.39 is 0 Å². The molecule has 0 heterocycles. The highest BCUT2D eigenvalue weighted by Gasteiger charge is 2.14. The largest absolute Gasteiger partial charge is 0.339 e. The van der Waals surface area contributed by atoms with E-state index >= 15 is 0 Å². The summed E-state index contributed by atoms with van der Waals surface area (Å²) in [4.78, 5) is 13.0. The van der Waals surface area contributed by atoms with Crippen molar-refractivity contribution in [2.24, 2.45) is 5.92 Å². The average Bonchev–Trinajstić information content (AvgIpc) is 1.98. The highest BCUT2D eigenvalue weighted by atomic mass is 16.2. The fourth-order valence-electron chi connectivity index (χ4n) is 0.854. The van der Waals surface area contributed by atoms with Gasteiger partial charge in [0.25, 0.3) is 0 Å². The maximum Gasteiger partial charge on any atom is 0.235 e. The third kappa shape index (κ3) is 5.21. The Hall–Kier alpha value is -1.08. The summed E-state index contributed by atoms with van der Waals surface area (Å²) < 4.78 is 0. The van der Waals surface area contributed by atoms with Gasteiger partial charge >= 0.3 is 0 Å². The van der Waals surface area contributed by atoms with Crippen molar-refractivity contribution in [1.29, 1.82) is 5.26 Å². The fraction of sp³-hybridized carbons (Fsp3) is 0.778. The Kier molecular flexibility index (Phi) is 5.09. The van der Waals surface area contributed by atoms with Crippen molar-refractivity contribution >= 4 is 5.91 Å². The van der Waals surface area contributed by atoms with E-state index in [2.05, 4.69) is 11.4 Å². The average molecular weight is 183 g/mol. The summed E-state index contributed by atoms with van der Waals surface area (Å²) >= 11 is 0. The molecule has 0 aromatic rings. The minimum absolute atomic E-state index is 0.106. The van der Waals surface area contributed by atoms with Crippen molar-refractivity contribution in [2.45, 2.75) is 19.9 Å². The predicted molar refractivity (Wildman–Crippen MR) is 50.9 cm³/mol. The standard InChI is InChI=1S/C9H17N3O/c1-7(2)8(5-10)11-9(13)6-12(3)4/h7-8H,6H2,1-4H3,(H,11,13). The number of likely N-dealkylation sites (N-methyl/N-ethyl adjacent to an activating group) is 1. The van der Waals surface area contributed by atoms with Gasteiger partial charge in [-0.2, -0.15) is 5.26 Å². The highest BCUT2D eigenvalue weighted by Crippen LogP contribution is 1.99. The summed E-state index contributed by atoms with van der Waals surface area (Å²) in [5, 5.41) is 11.4. The van der Waals surface area contributed by atoms with Crippen LogP contribution in [0.3, 0.4) is 0 Å². The summed E-state index contributed by atoms with van der Waals surface area (Å²) in [7, 11) is 3.63. The molecule has 0 spiro atoms. The summed E-state index contributed by atoms with van der Waals surface area (Å²) in [6, 6.07) is 1.67. The van der Waals surface area contributed by atoms with Crippen LogP contribution in [0.25, 0.3) is 0 Å². The lowest BCUT2D eigenvalue weighted by Crippen LogP contribution is -2.41. The lowest BCUT2D eigenvalue weighted by Gasteiger charge is -2.16. The second-order valence-corrected chi connectivity index (χ2v) is 3.66. The molecule has 4 nitrogen and oxygen atoms in total. The van der Waals surface area contributed by atoms with E-state index in [4.69, 9.17) is 5.26 Å². The number of hydrogen-bond donors (Lipinski definition) is 1. The third-order valence-electron chi connectivity index (χ3n) is 1.58. The smallest absolute Gasteiger partial charge is 0.235 e. The second-order valence-electron chi connectivity index (χ2n) is 3.66. The Balaban J connectivity index is 3.97. The van der Waals surface area contributed by atoms with Gasteiger partial charge in [-0.25, -0.2) is 0 Å². The van der Waals surface area contributed by atoms with Gasteiger partial charge in [-0.15, -0.1) is 0 Å². The van der Waals surface area contributed by atoms with Crippen LogP contribution in [-0.4, -0.2) is 37.5 Å². The number of carbonyl (C=O) groups is 1. The Morgan fingerprint density at radius 1 is 1.54 bits per heavy atom. The molecule has 13 heavy (non-hydrogen) atoms. The van der Waals surface area contributed by atoms with E-state index in [0.717, 1.165) is 0 Å². The van der Waals surface area contributed by atoms with Crippen LogP contribution < -0.4 is 5.32 Å². The van der Waals surface area contributed by atoms with Gasteiger partial charge in [0.1, 0.15) is 6.04 Å². The number of hydrogen-bond acceptors (Lipinski definition) is 3. The molecular weight excluding hydrogens is 166 g/mol. The Labute approximate surface area is 79.5 Å². The molecule has 1 unspecified atom stereocenters. The van der Waals surface area contributed by atoms with Gasteiger partial charge in [-0.1, -0.05) is 13.8 Å². The molecule has 0 bridgehead atoms. The molecule has 0 fully saturated rings. The zero-order valence-corrected chi connectivity index (χ0v) is 8.66. The number of amides is 1. The van der Waals surface area contributed by atoms with Crippen LogP contribution >= 0.6 is 0 Å². The van der Waals surface area contributed by atoms with Crippen molar-refractivity contribution in [1.82, 2.24) is 10.2 Å². The molecule has 0 radical (unpaired) electrons. The fourth-order valence-corrected chi connectivity index (χ4v) is 0.854. The van der Waals surface area contributed by atoms with Crippen molar-refractivity contribution in [3.63, 3.8) is 0 Å². The molecular formula is C9H17N3O.